The number of piperazine rings is 1. The molecular formula is C19H28ClN3O2. The minimum absolute atomic E-state index is 0.237. The summed E-state index contributed by atoms with van der Waals surface area (Å²) in [4.78, 5) is 19.7. The van der Waals surface area contributed by atoms with E-state index in [4.69, 9.17) is 16.3 Å². The third-order valence-electron chi connectivity index (χ3n) is 5.30. The van der Waals surface area contributed by atoms with E-state index < -0.39 is 5.54 Å². The molecule has 0 atom stereocenters. The molecule has 0 aliphatic carbocycles. The molecule has 2 aliphatic rings. The standard InChI is InChI=1S/C19H28ClN3O2/c1-19(2,23-11-13-25-14-12-23)18(24)22-9-7-21(8-10-22)15-16-3-5-17(20)6-4-16/h3-6H,7-15H2,1-2H3. The summed E-state index contributed by atoms with van der Waals surface area (Å²) in [6, 6.07) is 8.01. The molecule has 5 nitrogen and oxygen atoms in total. The van der Waals surface area contributed by atoms with Crippen molar-refractivity contribution in [3.8, 4) is 0 Å². The van der Waals surface area contributed by atoms with Gasteiger partial charge in [-0.05, 0) is 31.5 Å². The number of nitrogens with zero attached hydrogens (tertiary/aromatic N) is 3. The van der Waals surface area contributed by atoms with Gasteiger partial charge in [0.25, 0.3) is 0 Å². The van der Waals surface area contributed by atoms with Crippen LogP contribution in [0, 0.1) is 0 Å². The maximum atomic E-state index is 13.0. The number of rotatable bonds is 4. The summed E-state index contributed by atoms with van der Waals surface area (Å²) < 4.78 is 5.42. The maximum absolute atomic E-state index is 13.0. The Hall–Kier alpha value is -1.14. The maximum Gasteiger partial charge on any atom is 0.242 e. The van der Waals surface area contributed by atoms with Gasteiger partial charge < -0.3 is 9.64 Å². The van der Waals surface area contributed by atoms with Crippen molar-refractivity contribution in [1.82, 2.24) is 14.7 Å². The molecule has 0 saturated carbocycles. The Kier molecular flexibility index (Phi) is 6.00. The molecule has 25 heavy (non-hydrogen) atoms. The second-order valence-electron chi connectivity index (χ2n) is 7.35. The van der Waals surface area contributed by atoms with Crippen molar-refractivity contribution in [2.45, 2.75) is 25.9 Å². The summed E-state index contributed by atoms with van der Waals surface area (Å²) in [7, 11) is 0. The Morgan fingerprint density at radius 1 is 1.04 bits per heavy atom. The first-order chi connectivity index (χ1) is 12.0. The smallest absolute Gasteiger partial charge is 0.242 e. The molecule has 0 spiro atoms. The molecular weight excluding hydrogens is 338 g/mol. The van der Waals surface area contributed by atoms with Crippen LogP contribution in [-0.2, 0) is 16.1 Å². The fraction of sp³-hybridized carbons (Fsp3) is 0.632. The number of morpholine rings is 1. The molecule has 1 aromatic rings. The van der Waals surface area contributed by atoms with Gasteiger partial charge in [-0.2, -0.15) is 0 Å². The van der Waals surface area contributed by atoms with Crippen LogP contribution in [0.5, 0.6) is 0 Å². The molecule has 0 radical (unpaired) electrons. The average molecular weight is 366 g/mol. The molecule has 0 bridgehead atoms. The van der Waals surface area contributed by atoms with Gasteiger partial charge in [0.15, 0.2) is 0 Å². The van der Waals surface area contributed by atoms with Crippen LogP contribution in [0.15, 0.2) is 24.3 Å². The summed E-state index contributed by atoms with van der Waals surface area (Å²) in [6.45, 7) is 11.5. The highest BCUT2D eigenvalue weighted by atomic mass is 35.5. The largest absolute Gasteiger partial charge is 0.379 e. The Balaban J connectivity index is 1.52. The lowest BCUT2D eigenvalue weighted by Gasteiger charge is -2.44. The van der Waals surface area contributed by atoms with Crippen molar-refractivity contribution >= 4 is 17.5 Å². The van der Waals surface area contributed by atoms with E-state index in [0.29, 0.717) is 13.2 Å². The predicted molar refractivity (Wildman–Crippen MR) is 99.8 cm³/mol. The summed E-state index contributed by atoms with van der Waals surface area (Å²) in [6.07, 6.45) is 0. The van der Waals surface area contributed by atoms with Crippen LogP contribution in [0.2, 0.25) is 5.02 Å². The van der Waals surface area contributed by atoms with E-state index in [9.17, 15) is 4.79 Å². The molecule has 1 amide bonds. The van der Waals surface area contributed by atoms with E-state index in [1.54, 1.807) is 0 Å². The summed E-state index contributed by atoms with van der Waals surface area (Å²) in [5, 5.41) is 0.768. The fourth-order valence-electron chi connectivity index (χ4n) is 3.60. The van der Waals surface area contributed by atoms with E-state index in [1.165, 1.54) is 5.56 Å². The highest BCUT2D eigenvalue weighted by molar-refractivity contribution is 6.30. The number of carbonyl (C=O) groups excluding carboxylic acids is 1. The van der Waals surface area contributed by atoms with Crippen LogP contribution in [0.25, 0.3) is 0 Å². The predicted octanol–water partition coefficient (Wildman–Crippen LogP) is 2.09. The van der Waals surface area contributed by atoms with Gasteiger partial charge in [0.2, 0.25) is 5.91 Å². The normalized spacial score (nSPS) is 20.7. The molecule has 2 aliphatic heterocycles. The molecule has 2 saturated heterocycles. The van der Waals surface area contributed by atoms with Gasteiger partial charge in [-0.3, -0.25) is 14.6 Å². The van der Waals surface area contributed by atoms with Gasteiger partial charge >= 0.3 is 0 Å². The molecule has 2 heterocycles. The second-order valence-corrected chi connectivity index (χ2v) is 7.79. The van der Waals surface area contributed by atoms with Gasteiger partial charge in [0.05, 0.1) is 18.8 Å². The summed E-state index contributed by atoms with van der Waals surface area (Å²) in [5.41, 5.74) is 0.806. The Morgan fingerprint density at radius 3 is 2.24 bits per heavy atom. The lowest BCUT2D eigenvalue weighted by molar-refractivity contribution is -0.147. The van der Waals surface area contributed by atoms with Crippen molar-refractivity contribution in [1.29, 1.82) is 0 Å². The molecule has 0 aromatic heterocycles. The first-order valence-corrected chi connectivity index (χ1v) is 9.43. The van der Waals surface area contributed by atoms with Gasteiger partial charge in [-0.25, -0.2) is 0 Å². The van der Waals surface area contributed by atoms with Gasteiger partial charge in [-0.15, -0.1) is 0 Å². The first kappa shape index (κ1) is 18.6. The molecule has 0 N–H and O–H groups in total. The van der Waals surface area contributed by atoms with Gasteiger partial charge in [0.1, 0.15) is 0 Å². The van der Waals surface area contributed by atoms with Crippen molar-refractivity contribution in [2.24, 2.45) is 0 Å². The number of hydrogen-bond acceptors (Lipinski definition) is 4. The third kappa shape index (κ3) is 4.53. The number of amides is 1. The second kappa shape index (κ2) is 8.04. The number of hydrogen-bond donors (Lipinski definition) is 0. The zero-order chi connectivity index (χ0) is 17.9. The van der Waals surface area contributed by atoms with Crippen LogP contribution in [0.4, 0.5) is 0 Å². The highest BCUT2D eigenvalue weighted by Crippen LogP contribution is 2.21. The topological polar surface area (TPSA) is 36.0 Å². The number of carbonyl (C=O) groups is 1. The first-order valence-electron chi connectivity index (χ1n) is 9.06. The van der Waals surface area contributed by atoms with E-state index in [0.717, 1.165) is 50.8 Å². The van der Waals surface area contributed by atoms with Crippen LogP contribution in [0.3, 0.4) is 0 Å². The van der Waals surface area contributed by atoms with Crippen molar-refractivity contribution < 1.29 is 9.53 Å². The quantitative estimate of drug-likeness (QED) is 0.818. The molecule has 1 aromatic carbocycles. The van der Waals surface area contributed by atoms with E-state index in [1.807, 2.05) is 30.9 Å². The van der Waals surface area contributed by atoms with Crippen LogP contribution < -0.4 is 0 Å². The van der Waals surface area contributed by atoms with Gasteiger partial charge in [0, 0.05) is 50.8 Å². The highest BCUT2D eigenvalue weighted by Gasteiger charge is 2.39. The lowest BCUT2D eigenvalue weighted by Crippen LogP contribution is -2.61. The van der Waals surface area contributed by atoms with Crippen LogP contribution in [0.1, 0.15) is 19.4 Å². The Bertz CT molecular complexity index is 577. The lowest BCUT2D eigenvalue weighted by atomic mass is 9.99. The zero-order valence-corrected chi connectivity index (χ0v) is 16.0. The average Bonchev–Trinajstić information content (AvgIpc) is 2.64. The molecule has 138 valence electrons. The van der Waals surface area contributed by atoms with E-state index in [2.05, 4.69) is 21.9 Å². The van der Waals surface area contributed by atoms with Crippen LogP contribution in [-0.4, -0.2) is 78.6 Å². The molecule has 3 rings (SSSR count). The third-order valence-corrected chi connectivity index (χ3v) is 5.56. The van der Waals surface area contributed by atoms with E-state index >= 15 is 0 Å². The monoisotopic (exact) mass is 365 g/mol. The van der Waals surface area contributed by atoms with Crippen molar-refractivity contribution in [3.05, 3.63) is 34.9 Å². The Labute approximate surface area is 155 Å². The number of halogens is 1. The van der Waals surface area contributed by atoms with Crippen molar-refractivity contribution in [2.75, 3.05) is 52.5 Å². The van der Waals surface area contributed by atoms with Crippen molar-refractivity contribution in [3.63, 3.8) is 0 Å². The summed E-state index contributed by atoms with van der Waals surface area (Å²) in [5.74, 6) is 0.237. The van der Waals surface area contributed by atoms with Gasteiger partial charge in [-0.1, -0.05) is 23.7 Å². The molecule has 0 unspecified atom stereocenters. The molecule has 6 heteroatoms. The number of ether oxygens (including phenoxy) is 1. The molecule has 2 fully saturated rings. The summed E-state index contributed by atoms with van der Waals surface area (Å²) >= 11 is 5.95. The minimum atomic E-state index is -0.456. The minimum Gasteiger partial charge on any atom is -0.379 e. The van der Waals surface area contributed by atoms with Crippen LogP contribution >= 0.6 is 11.6 Å². The SMILES string of the molecule is CC(C)(C(=O)N1CCN(Cc2ccc(Cl)cc2)CC1)N1CCOCC1. The zero-order valence-electron chi connectivity index (χ0n) is 15.2. The number of benzene rings is 1. The fourth-order valence-corrected chi connectivity index (χ4v) is 3.73. The Morgan fingerprint density at radius 2 is 1.64 bits per heavy atom. The van der Waals surface area contributed by atoms with E-state index in [-0.39, 0.29) is 5.91 Å².